The highest BCUT2D eigenvalue weighted by Gasteiger charge is 2.16. The highest BCUT2D eigenvalue weighted by Crippen LogP contribution is 2.23. The lowest BCUT2D eigenvalue weighted by atomic mass is 10.1. The standard InChI is InChI=1S/C13H17N3O/c1-3-10(8-14)13-15-12(16-17-13)11-7-5-4-6-9(11)2/h4-7,10H,3,8,14H2,1-2H3. The number of hydrogen-bond donors (Lipinski definition) is 1. The second kappa shape index (κ2) is 5.10. The first kappa shape index (κ1) is 11.8. The van der Waals surface area contributed by atoms with Crippen LogP contribution in [0.15, 0.2) is 28.8 Å². The molecule has 4 nitrogen and oxygen atoms in total. The van der Waals surface area contributed by atoms with Crippen molar-refractivity contribution in [1.82, 2.24) is 10.1 Å². The van der Waals surface area contributed by atoms with Crippen molar-refractivity contribution in [2.24, 2.45) is 5.73 Å². The predicted octanol–water partition coefficient (Wildman–Crippen LogP) is 2.50. The van der Waals surface area contributed by atoms with E-state index in [1.807, 2.05) is 31.2 Å². The molecule has 4 heteroatoms. The predicted molar refractivity (Wildman–Crippen MR) is 66.6 cm³/mol. The summed E-state index contributed by atoms with van der Waals surface area (Å²) in [5, 5.41) is 4.02. The molecule has 0 spiro atoms. The van der Waals surface area contributed by atoms with Gasteiger partial charge in [-0.15, -0.1) is 0 Å². The molecule has 1 aromatic carbocycles. The maximum absolute atomic E-state index is 5.67. The van der Waals surface area contributed by atoms with Crippen LogP contribution in [0.25, 0.3) is 11.4 Å². The van der Waals surface area contributed by atoms with Gasteiger partial charge < -0.3 is 10.3 Å². The first-order valence-corrected chi connectivity index (χ1v) is 5.86. The van der Waals surface area contributed by atoms with Crippen LogP contribution in [0, 0.1) is 6.92 Å². The molecular weight excluding hydrogens is 214 g/mol. The topological polar surface area (TPSA) is 64.9 Å². The van der Waals surface area contributed by atoms with Crippen molar-refractivity contribution in [2.75, 3.05) is 6.54 Å². The van der Waals surface area contributed by atoms with Crippen molar-refractivity contribution < 1.29 is 4.52 Å². The molecule has 0 aliphatic heterocycles. The Morgan fingerprint density at radius 3 is 2.76 bits per heavy atom. The molecule has 90 valence electrons. The van der Waals surface area contributed by atoms with Gasteiger partial charge in [0.15, 0.2) is 0 Å². The van der Waals surface area contributed by atoms with Crippen LogP contribution in [0.5, 0.6) is 0 Å². The van der Waals surface area contributed by atoms with Gasteiger partial charge in [0.05, 0.1) is 5.92 Å². The van der Waals surface area contributed by atoms with Gasteiger partial charge in [-0.05, 0) is 18.9 Å². The van der Waals surface area contributed by atoms with E-state index in [9.17, 15) is 0 Å². The lowest BCUT2D eigenvalue weighted by Crippen LogP contribution is -2.11. The fourth-order valence-corrected chi connectivity index (χ4v) is 1.78. The van der Waals surface area contributed by atoms with E-state index >= 15 is 0 Å². The largest absolute Gasteiger partial charge is 0.339 e. The second-order valence-electron chi connectivity index (χ2n) is 4.11. The van der Waals surface area contributed by atoms with Gasteiger partial charge in [-0.1, -0.05) is 36.3 Å². The quantitative estimate of drug-likeness (QED) is 0.878. The Morgan fingerprint density at radius 1 is 1.35 bits per heavy atom. The molecule has 2 aromatic rings. The lowest BCUT2D eigenvalue weighted by Gasteiger charge is -2.04. The third-order valence-electron chi connectivity index (χ3n) is 2.95. The fraction of sp³-hybridized carbons (Fsp3) is 0.385. The summed E-state index contributed by atoms with van der Waals surface area (Å²) in [6, 6.07) is 7.99. The summed E-state index contributed by atoms with van der Waals surface area (Å²) in [4.78, 5) is 4.43. The summed E-state index contributed by atoms with van der Waals surface area (Å²) in [5.74, 6) is 1.43. The molecule has 0 aliphatic rings. The van der Waals surface area contributed by atoms with Crippen LogP contribution < -0.4 is 5.73 Å². The highest BCUT2D eigenvalue weighted by molar-refractivity contribution is 5.58. The number of nitrogens with two attached hydrogens (primary N) is 1. The normalized spacial score (nSPS) is 12.6. The van der Waals surface area contributed by atoms with Gasteiger partial charge in [0.25, 0.3) is 0 Å². The molecule has 0 amide bonds. The lowest BCUT2D eigenvalue weighted by molar-refractivity contribution is 0.351. The molecule has 1 unspecified atom stereocenters. The van der Waals surface area contributed by atoms with E-state index in [2.05, 4.69) is 17.1 Å². The Kier molecular flexibility index (Phi) is 3.54. The van der Waals surface area contributed by atoms with Crippen LogP contribution >= 0.6 is 0 Å². The van der Waals surface area contributed by atoms with E-state index in [0.717, 1.165) is 17.5 Å². The van der Waals surface area contributed by atoms with Crippen LogP contribution in [0.3, 0.4) is 0 Å². The summed E-state index contributed by atoms with van der Waals surface area (Å²) < 4.78 is 5.28. The molecule has 1 heterocycles. The zero-order chi connectivity index (χ0) is 12.3. The highest BCUT2D eigenvalue weighted by atomic mass is 16.5. The summed E-state index contributed by atoms with van der Waals surface area (Å²) >= 11 is 0. The van der Waals surface area contributed by atoms with Crippen molar-refractivity contribution >= 4 is 0 Å². The van der Waals surface area contributed by atoms with Gasteiger partial charge in [-0.2, -0.15) is 4.98 Å². The minimum Gasteiger partial charge on any atom is -0.339 e. The van der Waals surface area contributed by atoms with E-state index in [4.69, 9.17) is 10.3 Å². The molecule has 0 saturated carbocycles. The Hall–Kier alpha value is -1.68. The second-order valence-corrected chi connectivity index (χ2v) is 4.11. The van der Waals surface area contributed by atoms with Gasteiger partial charge in [0.2, 0.25) is 11.7 Å². The van der Waals surface area contributed by atoms with E-state index < -0.39 is 0 Å². The maximum Gasteiger partial charge on any atom is 0.231 e. The molecule has 2 rings (SSSR count). The van der Waals surface area contributed by atoms with Crippen LogP contribution in [0.1, 0.15) is 30.7 Å². The molecule has 1 atom stereocenters. The van der Waals surface area contributed by atoms with Crippen molar-refractivity contribution in [3.05, 3.63) is 35.7 Å². The SMILES string of the molecule is CCC(CN)c1nc(-c2ccccc2C)no1. The molecule has 0 bridgehead atoms. The summed E-state index contributed by atoms with van der Waals surface area (Å²) in [6.07, 6.45) is 0.909. The van der Waals surface area contributed by atoms with Gasteiger partial charge >= 0.3 is 0 Å². The third-order valence-corrected chi connectivity index (χ3v) is 2.95. The number of aryl methyl sites for hydroxylation is 1. The first-order chi connectivity index (χ1) is 8.26. The smallest absolute Gasteiger partial charge is 0.231 e. The third kappa shape index (κ3) is 2.36. The van der Waals surface area contributed by atoms with Crippen LogP contribution in [-0.2, 0) is 0 Å². The van der Waals surface area contributed by atoms with Crippen LogP contribution in [0.2, 0.25) is 0 Å². The summed E-state index contributed by atoms with van der Waals surface area (Å²) in [7, 11) is 0. The first-order valence-electron chi connectivity index (χ1n) is 5.86. The number of nitrogens with zero attached hydrogens (tertiary/aromatic N) is 2. The molecule has 0 fully saturated rings. The number of rotatable bonds is 4. The van der Waals surface area contributed by atoms with Crippen molar-refractivity contribution in [1.29, 1.82) is 0 Å². The minimum atomic E-state index is 0.153. The van der Waals surface area contributed by atoms with Crippen LogP contribution in [0.4, 0.5) is 0 Å². The van der Waals surface area contributed by atoms with Crippen LogP contribution in [-0.4, -0.2) is 16.7 Å². The summed E-state index contributed by atoms with van der Waals surface area (Å²) in [5.41, 5.74) is 7.81. The van der Waals surface area contributed by atoms with Gasteiger partial charge in [-0.25, -0.2) is 0 Å². The average molecular weight is 231 g/mol. The van der Waals surface area contributed by atoms with E-state index in [0.29, 0.717) is 18.3 Å². The number of aromatic nitrogens is 2. The maximum atomic E-state index is 5.67. The Morgan fingerprint density at radius 2 is 2.12 bits per heavy atom. The Balaban J connectivity index is 2.33. The zero-order valence-corrected chi connectivity index (χ0v) is 10.2. The number of hydrogen-bond acceptors (Lipinski definition) is 4. The van der Waals surface area contributed by atoms with Crippen molar-refractivity contribution in [3.63, 3.8) is 0 Å². The molecule has 1 aromatic heterocycles. The average Bonchev–Trinajstić information content (AvgIpc) is 2.81. The van der Waals surface area contributed by atoms with Gasteiger partial charge in [-0.3, -0.25) is 0 Å². The molecule has 17 heavy (non-hydrogen) atoms. The Labute approximate surface area is 101 Å². The molecule has 2 N–H and O–H groups in total. The minimum absolute atomic E-state index is 0.153. The monoisotopic (exact) mass is 231 g/mol. The van der Waals surface area contributed by atoms with Crippen molar-refractivity contribution in [3.8, 4) is 11.4 Å². The molecule has 0 radical (unpaired) electrons. The molecule has 0 saturated heterocycles. The fourth-order valence-electron chi connectivity index (χ4n) is 1.78. The molecular formula is C13H17N3O. The summed E-state index contributed by atoms with van der Waals surface area (Å²) in [6.45, 7) is 4.63. The van der Waals surface area contributed by atoms with E-state index in [1.54, 1.807) is 0 Å². The molecule has 0 aliphatic carbocycles. The zero-order valence-electron chi connectivity index (χ0n) is 10.2. The van der Waals surface area contributed by atoms with Crippen molar-refractivity contribution in [2.45, 2.75) is 26.2 Å². The van der Waals surface area contributed by atoms with Gasteiger partial charge in [0, 0.05) is 12.1 Å². The van der Waals surface area contributed by atoms with E-state index in [1.165, 1.54) is 0 Å². The van der Waals surface area contributed by atoms with Gasteiger partial charge in [0.1, 0.15) is 0 Å². The van der Waals surface area contributed by atoms with E-state index in [-0.39, 0.29) is 5.92 Å². The Bertz CT molecular complexity index is 489. The number of benzene rings is 1.